The van der Waals surface area contributed by atoms with Crippen LogP contribution in [-0.2, 0) is 27.4 Å². The van der Waals surface area contributed by atoms with Crippen LogP contribution in [0.4, 0.5) is 0 Å². The second-order valence-corrected chi connectivity index (χ2v) is 6.27. The van der Waals surface area contributed by atoms with Gasteiger partial charge < -0.3 is 15.4 Å². The highest BCUT2D eigenvalue weighted by molar-refractivity contribution is 5.77. The Bertz CT molecular complexity index is 516. The summed E-state index contributed by atoms with van der Waals surface area (Å²) in [6.45, 7) is 7.66. The summed E-state index contributed by atoms with van der Waals surface area (Å²) in [5.74, 6) is -0.220. The number of nitrogens with zero attached hydrogens (tertiary/aromatic N) is 3. The highest BCUT2D eigenvalue weighted by atomic mass is 16.5. The molecule has 0 bridgehead atoms. The molecular weight excluding hydrogens is 322 g/mol. The highest BCUT2D eigenvalue weighted by Gasteiger charge is 2.06. The summed E-state index contributed by atoms with van der Waals surface area (Å²) in [6, 6.07) is 0. The molecule has 2 amide bonds. The zero-order valence-corrected chi connectivity index (χ0v) is 15.6. The van der Waals surface area contributed by atoms with E-state index in [4.69, 9.17) is 4.74 Å². The predicted molar refractivity (Wildman–Crippen MR) is 94.7 cm³/mol. The van der Waals surface area contributed by atoms with Gasteiger partial charge in [-0.05, 0) is 26.7 Å². The quantitative estimate of drug-likeness (QED) is 0.523. The van der Waals surface area contributed by atoms with Gasteiger partial charge in [-0.25, -0.2) is 0 Å². The molecule has 0 aromatic carbocycles. The summed E-state index contributed by atoms with van der Waals surface area (Å²) in [7, 11) is 0. The first-order valence-corrected chi connectivity index (χ1v) is 9.05. The minimum absolute atomic E-state index is 0.0288. The molecule has 8 nitrogen and oxygen atoms in total. The fraction of sp³-hybridized carbons (Fsp3) is 0.765. The van der Waals surface area contributed by atoms with Gasteiger partial charge in [0.2, 0.25) is 11.8 Å². The summed E-state index contributed by atoms with van der Waals surface area (Å²) in [5.41, 5.74) is 0.754. The van der Waals surface area contributed by atoms with Crippen molar-refractivity contribution in [2.24, 2.45) is 0 Å². The number of amides is 2. The van der Waals surface area contributed by atoms with Gasteiger partial charge in [0.05, 0.1) is 18.8 Å². The lowest BCUT2D eigenvalue weighted by atomic mass is 10.2. The first-order chi connectivity index (χ1) is 12.0. The Kier molecular flexibility index (Phi) is 10.5. The van der Waals surface area contributed by atoms with Gasteiger partial charge in [0, 0.05) is 19.5 Å². The van der Waals surface area contributed by atoms with E-state index in [0.29, 0.717) is 25.9 Å². The molecule has 0 saturated carbocycles. The molecule has 0 unspecified atom stereocenters. The van der Waals surface area contributed by atoms with Crippen LogP contribution in [0, 0.1) is 0 Å². The second kappa shape index (κ2) is 12.4. The zero-order valence-electron chi connectivity index (χ0n) is 15.6. The molecule has 1 aromatic heterocycles. The van der Waals surface area contributed by atoms with E-state index in [1.807, 2.05) is 24.7 Å². The number of hydrogen-bond donors (Lipinski definition) is 2. The molecular formula is C17H31N5O3. The van der Waals surface area contributed by atoms with Crippen LogP contribution in [0.1, 0.15) is 58.6 Å². The number of carbonyl (C=O) groups is 2. The number of nitrogens with one attached hydrogen (secondary N) is 2. The fourth-order valence-electron chi connectivity index (χ4n) is 2.10. The zero-order chi connectivity index (χ0) is 18.5. The third kappa shape index (κ3) is 10.5. The van der Waals surface area contributed by atoms with Crippen molar-refractivity contribution in [2.45, 2.75) is 72.1 Å². The summed E-state index contributed by atoms with van der Waals surface area (Å²) in [4.78, 5) is 23.2. The Hall–Kier alpha value is -1.96. The van der Waals surface area contributed by atoms with Gasteiger partial charge in [-0.2, -0.15) is 0 Å². The number of aromatic nitrogens is 3. The molecule has 1 rings (SSSR count). The monoisotopic (exact) mass is 353 g/mol. The second-order valence-electron chi connectivity index (χ2n) is 6.27. The topological polar surface area (TPSA) is 98.1 Å². The number of ether oxygens (including phenoxy) is 1. The molecule has 0 atom stereocenters. The maximum atomic E-state index is 11.8. The molecule has 25 heavy (non-hydrogen) atoms. The Morgan fingerprint density at radius 1 is 1.20 bits per heavy atom. The van der Waals surface area contributed by atoms with Crippen LogP contribution < -0.4 is 10.6 Å². The van der Waals surface area contributed by atoms with Crippen LogP contribution >= 0.6 is 0 Å². The Labute approximate surface area is 149 Å². The van der Waals surface area contributed by atoms with Crippen molar-refractivity contribution >= 4 is 11.8 Å². The summed E-state index contributed by atoms with van der Waals surface area (Å²) in [5, 5.41) is 13.6. The van der Waals surface area contributed by atoms with E-state index in [0.717, 1.165) is 18.7 Å². The van der Waals surface area contributed by atoms with Gasteiger partial charge >= 0.3 is 0 Å². The standard InChI is InChI=1S/C17H31N5O3/c1-4-5-6-10-22-12-15(20-21-22)11-19-16(23)8-7-9-18-17(24)13-25-14(2)3/h12,14H,4-11,13H2,1-3H3,(H,18,24)(H,19,23). The summed E-state index contributed by atoms with van der Waals surface area (Å²) in [6.07, 6.45) is 6.26. The Morgan fingerprint density at radius 2 is 2.00 bits per heavy atom. The Balaban J connectivity index is 2.09. The van der Waals surface area contributed by atoms with Crippen LogP contribution in [0.3, 0.4) is 0 Å². The van der Waals surface area contributed by atoms with Gasteiger partial charge in [-0.1, -0.05) is 25.0 Å². The molecule has 0 spiro atoms. The van der Waals surface area contributed by atoms with Crippen LogP contribution in [-0.4, -0.2) is 46.1 Å². The largest absolute Gasteiger partial charge is 0.369 e. The van der Waals surface area contributed by atoms with E-state index < -0.39 is 0 Å². The molecule has 1 aromatic rings. The normalized spacial score (nSPS) is 10.9. The van der Waals surface area contributed by atoms with Crippen molar-refractivity contribution in [2.75, 3.05) is 13.2 Å². The molecule has 2 N–H and O–H groups in total. The molecule has 0 aliphatic rings. The van der Waals surface area contributed by atoms with E-state index >= 15 is 0 Å². The first-order valence-electron chi connectivity index (χ1n) is 9.05. The van der Waals surface area contributed by atoms with Crippen molar-refractivity contribution in [3.8, 4) is 0 Å². The minimum Gasteiger partial charge on any atom is -0.369 e. The van der Waals surface area contributed by atoms with Crippen molar-refractivity contribution in [3.05, 3.63) is 11.9 Å². The van der Waals surface area contributed by atoms with Gasteiger partial charge in [-0.3, -0.25) is 14.3 Å². The maximum absolute atomic E-state index is 11.8. The third-order valence-corrected chi connectivity index (χ3v) is 3.49. The lowest BCUT2D eigenvalue weighted by molar-refractivity contribution is -0.127. The van der Waals surface area contributed by atoms with Crippen LogP contribution in [0.5, 0.6) is 0 Å². The maximum Gasteiger partial charge on any atom is 0.246 e. The fourth-order valence-corrected chi connectivity index (χ4v) is 2.10. The number of aryl methyl sites for hydroxylation is 1. The molecule has 0 fully saturated rings. The van der Waals surface area contributed by atoms with Gasteiger partial charge in [0.25, 0.3) is 0 Å². The summed E-state index contributed by atoms with van der Waals surface area (Å²) >= 11 is 0. The molecule has 0 aliphatic heterocycles. The number of rotatable bonds is 13. The predicted octanol–water partition coefficient (Wildman–Crippen LogP) is 1.41. The molecule has 1 heterocycles. The van der Waals surface area contributed by atoms with E-state index in [2.05, 4.69) is 27.9 Å². The average Bonchev–Trinajstić information content (AvgIpc) is 3.03. The number of hydrogen-bond acceptors (Lipinski definition) is 5. The average molecular weight is 353 g/mol. The van der Waals surface area contributed by atoms with E-state index in [-0.39, 0.29) is 24.5 Å². The third-order valence-electron chi connectivity index (χ3n) is 3.49. The van der Waals surface area contributed by atoms with E-state index in [1.165, 1.54) is 12.8 Å². The smallest absolute Gasteiger partial charge is 0.246 e. The Morgan fingerprint density at radius 3 is 2.72 bits per heavy atom. The summed E-state index contributed by atoms with van der Waals surface area (Å²) < 4.78 is 7.01. The minimum atomic E-state index is -0.159. The SMILES string of the molecule is CCCCCn1cc(CNC(=O)CCCNC(=O)COC(C)C)nn1. The van der Waals surface area contributed by atoms with E-state index in [1.54, 1.807) is 0 Å². The molecule has 0 saturated heterocycles. The van der Waals surface area contributed by atoms with Crippen molar-refractivity contribution in [1.82, 2.24) is 25.6 Å². The first kappa shape index (κ1) is 21.1. The van der Waals surface area contributed by atoms with Crippen molar-refractivity contribution in [3.63, 3.8) is 0 Å². The van der Waals surface area contributed by atoms with Crippen LogP contribution in [0.15, 0.2) is 6.20 Å². The number of carbonyl (C=O) groups excluding carboxylic acids is 2. The van der Waals surface area contributed by atoms with Gasteiger partial charge in [0.15, 0.2) is 0 Å². The lowest BCUT2D eigenvalue weighted by Crippen LogP contribution is -2.30. The lowest BCUT2D eigenvalue weighted by Gasteiger charge is -2.08. The molecule has 0 aliphatic carbocycles. The van der Waals surface area contributed by atoms with Crippen LogP contribution in [0.25, 0.3) is 0 Å². The molecule has 8 heteroatoms. The van der Waals surface area contributed by atoms with E-state index in [9.17, 15) is 9.59 Å². The van der Waals surface area contributed by atoms with Gasteiger partial charge in [0.1, 0.15) is 12.3 Å². The highest BCUT2D eigenvalue weighted by Crippen LogP contribution is 1.99. The molecule has 0 radical (unpaired) electrons. The molecule has 142 valence electrons. The number of unbranched alkanes of at least 4 members (excludes halogenated alkanes) is 2. The van der Waals surface area contributed by atoms with Crippen LogP contribution in [0.2, 0.25) is 0 Å². The van der Waals surface area contributed by atoms with Crippen molar-refractivity contribution < 1.29 is 14.3 Å². The van der Waals surface area contributed by atoms with Gasteiger partial charge in [-0.15, -0.1) is 5.10 Å². The van der Waals surface area contributed by atoms with Crippen molar-refractivity contribution in [1.29, 1.82) is 0 Å².